The van der Waals surface area contributed by atoms with Gasteiger partial charge in [-0.2, -0.15) is 0 Å². The molecule has 3 aromatic rings. The van der Waals surface area contributed by atoms with Crippen molar-refractivity contribution in [1.29, 1.82) is 0 Å². The molecule has 32 heavy (non-hydrogen) atoms. The van der Waals surface area contributed by atoms with Gasteiger partial charge in [0.2, 0.25) is 6.79 Å². The molecule has 0 fully saturated rings. The lowest BCUT2D eigenvalue weighted by molar-refractivity contribution is -0.146. The molecule has 2 N–H and O–H groups in total. The number of rotatable bonds is 4. The molecule has 1 aliphatic carbocycles. The highest BCUT2D eigenvalue weighted by molar-refractivity contribution is 5.80. The Balaban J connectivity index is 1.72. The van der Waals surface area contributed by atoms with Crippen molar-refractivity contribution in [3.05, 3.63) is 76.9 Å². The van der Waals surface area contributed by atoms with E-state index >= 15 is 0 Å². The minimum Gasteiger partial charge on any atom is -0.508 e. The number of hydrogen-bond acceptors (Lipinski definition) is 7. The minimum absolute atomic E-state index is 0.00359. The Hall–Kier alpha value is -3.87. The lowest BCUT2D eigenvalue weighted by atomic mass is 9.79. The molecule has 0 saturated carbocycles. The summed E-state index contributed by atoms with van der Waals surface area (Å²) in [5, 5.41) is 21.0. The molecule has 2 aliphatic rings. The summed E-state index contributed by atoms with van der Waals surface area (Å²) in [6.07, 6.45) is 0. The molecule has 5 rings (SSSR count). The lowest BCUT2D eigenvalue weighted by Gasteiger charge is -2.25. The van der Waals surface area contributed by atoms with Crippen LogP contribution in [0.1, 0.15) is 34.1 Å². The third kappa shape index (κ3) is 3.09. The van der Waals surface area contributed by atoms with Crippen molar-refractivity contribution in [2.45, 2.75) is 11.8 Å². The summed E-state index contributed by atoms with van der Waals surface area (Å²) in [6.45, 7) is 0.149. The Morgan fingerprint density at radius 1 is 0.875 bits per heavy atom. The van der Waals surface area contributed by atoms with E-state index in [2.05, 4.69) is 0 Å². The summed E-state index contributed by atoms with van der Waals surface area (Å²) in [4.78, 5) is 13.2. The topological polar surface area (TPSA) is 94.5 Å². The molecule has 3 aromatic carbocycles. The van der Waals surface area contributed by atoms with E-state index in [0.717, 1.165) is 16.7 Å². The molecule has 0 unspecified atom stereocenters. The van der Waals surface area contributed by atoms with Gasteiger partial charge in [-0.05, 0) is 47.0 Å². The molecular formula is C25H22O7. The predicted octanol–water partition coefficient (Wildman–Crippen LogP) is 3.90. The maximum absolute atomic E-state index is 13.2. The number of methoxy groups -OCH3 is 2. The average molecular weight is 434 g/mol. The number of benzene rings is 3. The van der Waals surface area contributed by atoms with Crippen LogP contribution in [-0.4, -0.2) is 37.2 Å². The normalized spacial score (nSPS) is 20.6. The number of fused-ring (bicyclic) bond motifs is 2. The quantitative estimate of drug-likeness (QED) is 0.602. The highest BCUT2D eigenvalue weighted by Gasteiger charge is 2.48. The summed E-state index contributed by atoms with van der Waals surface area (Å²) in [6, 6.07) is 15.7. The summed E-state index contributed by atoms with van der Waals surface area (Å²) >= 11 is 0. The van der Waals surface area contributed by atoms with E-state index in [9.17, 15) is 15.0 Å². The fourth-order valence-electron chi connectivity index (χ4n) is 4.87. The second-order valence-electron chi connectivity index (χ2n) is 7.85. The monoisotopic (exact) mass is 434 g/mol. The SMILES string of the molecule is COC(=O)[C@@H]1[C@H](c2ccc(OC)cc2O)c2cc(O)ccc2[C@@H]1c1ccc2c(c1)OCO2. The van der Waals surface area contributed by atoms with E-state index in [1.165, 1.54) is 20.3 Å². The zero-order valence-corrected chi connectivity index (χ0v) is 17.6. The number of hydrogen-bond donors (Lipinski definition) is 2. The molecule has 164 valence electrons. The second kappa shape index (κ2) is 7.67. The Bertz CT molecular complexity index is 1200. The number of ether oxygens (including phenoxy) is 4. The van der Waals surface area contributed by atoms with Gasteiger partial charge in [-0.15, -0.1) is 0 Å². The molecule has 1 heterocycles. The van der Waals surface area contributed by atoms with Crippen molar-refractivity contribution in [1.82, 2.24) is 0 Å². The molecule has 0 radical (unpaired) electrons. The van der Waals surface area contributed by atoms with E-state index in [4.69, 9.17) is 18.9 Å². The van der Waals surface area contributed by atoms with Gasteiger partial charge in [0, 0.05) is 23.5 Å². The van der Waals surface area contributed by atoms with Gasteiger partial charge in [-0.25, -0.2) is 0 Å². The van der Waals surface area contributed by atoms with Gasteiger partial charge in [0.1, 0.15) is 17.2 Å². The molecule has 0 amide bonds. The maximum atomic E-state index is 13.2. The first-order chi connectivity index (χ1) is 15.5. The second-order valence-corrected chi connectivity index (χ2v) is 7.85. The van der Waals surface area contributed by atoms with Crippen LogP contribution in [0.2, 0.25) is 0 Å². The summed E-state index contributed by atoms with van der Waals surface area (Å²) in [7, 11) is 2.87. The first-order valence-electron chi connectivity index (χ1n) is 10.2. The van der Waals surface area contributed by atoms with E-state index in [1.807, 2.05) is 24.3 Å². The van der Waals surface area contributed by atoms with Crippen LogP contribution < -0.4 is 14.2 Å². The highest BCUT2D eigenvalue weighted by Crippen LogP contribution is 2.56. The van der Waals surface area contributed by atoms with E-state index in [1.54, 1.807) is 24.3 Å². The van der Waals surface area contributed by atoms with Crippen molar-refractivity contribution in [2.75, 3.05) is 21.0 Å². The van der Waals surface area contributed by atoms with Crippen LogP contribution in [0.15, 0.2) is 54.6 Å². The number of aromatic hydroxyl groups is 2. The Morgan fingerprint density at radius 3 is 2.41 bits per heavy atom. The van der Waals surface area contributed by atoms with Crippen LogP contribution in [0.4, 0.5) is 0 Å². The number of phenols is 2. The highest BCUT2D eigenvalue weighted by atomic mass is 16.7. The van der Waals surface area contributed by atoms with E-state index in [-0.39, 0.29) is 24.2 Å². The summed E-state index contributed by atoms with van der Waals surface area (Å²) < 4.78 is 21.4. The van der Waals surface area contributed by atoms with Crippen molar-refractivity contribution >= 4 is 5.97 Å². The predicted molar refractivity (Wildman–Crippen MR) is 115 cm³/mol. The van der Waals surface area contributed by atoms with Crippen LogP contribution >= 0.6 is 0 Å². The van der Waals surface area contributed by atoms with E-state index < -0.39 is 17.8 Å². The Morgan fingerprint density at radius 2 is 1.66 bits per heavy atom. The molecule has 0 aromatic heterocycles. The number of phenolic OH excluding ortho intramolecular Hbond substituents is 2. The first kappa shape index (κ1) is 20.1. The summed E-state index contributed by atoms with van der Waals surface area (Å²) in [5.74, 6) is -0.147. The van der Waals surface area contributed by atoms with Gasteiger partial charge in [0.15, 0.2) is 11.5 Å². The Labute approximate surface area is 184 Å². The van der Waals surface area contributed by atoms with Crippen LogP contribution in [0.3, 0.4) is 0 Å². The van der Waals surface area contributed by atoms with Gasteiger partial charge < -0.3 is 29.2 Å². The first-order valence-corrected chi connectivity index (χ1v) is 10.2. The van der Waals surface area contributed by atoms with Gasteiger partial charge in [-0.3, -0.25) is 4.79 Å². The third-order valence-corrected chi connectivity index (χ3v) is 6.26. The third-order valence-electron chi connectivity index (χ3n) is 6.26. The Kier molecular flexibility index (Phi) is 4.81. The number of esters is 1. The van der Waals surface area contributed by atoms with Gasteiger partial charge in [0.05, 0.1) is 20.1 Å². The number of carbonyl (C=O) groups excluding carboxylic acids is 1. The molecule has 0 bridgehead atoms. The van der Waals surface area contributed by atoms with Crippen LogP contribution in [0.25, 0.3) is 0 Å². The van der Waals surface area contributed by atoms with Crippen molar-refractivity contribution in [3.8, 4) is 28.7 Å². The van der Waals surface area contributed by atoms with Crippen molar-refractivity contribution < 1.29 is 34.0 Å². The smallest absolute Gasteiger partial charge is 0.310 e. The zero-order valence-electron chi connectivity index (χ0n) is 17.6. The molecule has 0 spiro atoms. The minimum atomic E-state index is -0.670. The molecule has 7 nitrogen and oxygen atoms in total. The van der Waals surface area contributed by atoms with Crippen LogP contribution in [-0.2, 0) is 9.53 Å². The van der Waals surface area contributed by atoms with E-state index in [0.29, 0.717) is 22.8 Å². The van der Waals surface area contributed by atoms with Gasteiger partial charge in [-0.1, -0.05) is 18.2 Å². The maximum Gasteiger partial charge on any atom is 0.310 e. The standard InChI is InChI=1S/C25H22O7/c1-29-15-5-7-17(19(27)11-15)23-18-10-14(26)4-6-16(18)22(24(23)25(28)30-2)13-3-8-20-21(9-13)32-12-31-20/h3-11,22-24,26-27H,12H2,1-2H3/t22-,23+,24-/m0/s1. The fraction of sp³-hybridized carbons (Fsp3) is 0.240. The summed E-state index contributed by atoms with van der Waals surface area (Å²) in [5.41, 5.74) is 3.03. The molecule has 0 saturated heterocycles. The van der Waals surface area contributed by atoms with Crippen LogP contribution in [0, 0.1) is 5.92 Å². The molecule has 7 heteroatoms. The molecular weight excluding hydrogens is 412 g/mol. The molecule has 1 aliphatic heterocycles. The zero-order chi connectivity index (χ0) is 22.4. The van der Waals surface area contributed by atoms with Gasteiger partial charge >= 0.3 is 5.97 Å². The number of carbonyl (C=O) groups is 1. The van der Waals surface area contributed by atoms with Gasteiger partial charge in [0.25, 0.3) is 0 Å². The lowest BCUT2D eigenvalue weighted by Crippen LogP contribution is -2.25. The van der Waals surface area contributed by atoms with Crippen molar-refractivity contribution in [2.24, 2.45) is 5.92 Å². The largest absolute Gasteiger partial charge is 0.508 e. The van der Waals surface area contributed by atoms with Crippen molar-refractivity contribution in [3.63, 3.8) is 0 Å². The molecule has 3 atom stereocenters. The van der Waals surface area contributed by atoms with Crippen LogP contribution in [0.5, 0.6) is 28.7 Å². The average Bonchev–Trinajstić information content (AvgIpc) is 3.40. The fourth-order valence-corrected chi connectivity index (χ4v) is 4.87.